The molecule has 1 unspecified atom stereocenters. The van der Waals surface area contributed by atoms with E-state index in [0.29, 0.717) is 18.0 Å². The van der Waals surface area contributed by atoms with Crippen LogP contribution < -0.4 is 14.8 Å². The Kier molecular flexibility index (Phi) is 6.27. The summed E-state index contributed by atoms with van der Waals surface area (Å²) in [6.45, 7) is 3.24. The molecule has 2 rings (SSSR count). The van der Waals surface area contributed by atoms with Crippen LogP contribution >= 0.6 is 0 Å². The minimum atomic E-state index is -0.157. The van der Waals surface area contributed by atoms with E-state index in [9.17, 15) is 4.79 Å². The number of benzene rings is 1. The van der Waals surface area contributed by atoms with Gasteiger partial charge in [-0.2, -0.15) is 0 Å². The molecule has 1 heterocycles. The summed E-state index contributed by atoms with van der Waals surface area (Å²) in [6.07, 6.45) is 6.13. The Labute approximate surface area is 131 Å². The topological polar surface area (TPSA) is 56.8 Å². The number of rotatable bonds is 7. The zero-order valence-electron chi connectivity index (χ0n) is 13.1. The summed E-state index contributed by atoms with van der Waals surface area (Å²) in [7, 11) is 1.58. The Morgan fingerprint density at radius 2 is 2.32 bits per heavy atom. The Hall–Kier alpha value is -2.01. The number of carbonyl (C=O) groups excluding carboxylic acids is 1. The number of hydrogen-bond donors (Lipinski definition) is 1. The third-order valence-electron chi connectivity index (χ3n) is 3.46. The summed E-state index contributed by atoms with van der Waals surface area (Å²) in [4.78, 5) is 11.8. The maximum Gasteiger partial charge on any atom is 0.258 e. The lowest BCUT2D eigenvalue weighted by Crippen LogP contribution is -2.35. The SMILES string of the molecule is C/C=C/c1ccc(OCC(=O)NCC2CCCO2)c(OC)c1. The highest BCUT2D eigenvalue weighted by atomic mass is 16.5. The predicted molar refractivity (Wildman–Crippen MR) is 85.2 cm³/mol. The first kappa shape index (κ1) is 16.4. The van der Waals surface area contributed by atoms with Gasteiger partial charge < -0.3 is 19.5 Å². The molecule has 1 aromatic carbocycles. The van der Waals surface area contributed by atoms with Crippen LogP contribution in [0.5, 0.6) is 11.5 Å². The Bertz CT molecular complexity index is 521. The molecule has 1 aromatic rings. The molecule has 1 amide bonds. The van der Waals surface area contributed by atoms with Crippen molar-refractivity contribution in [2.75, 3.05) is 26.9 Å². The molecule has 5 nitrogen and oxygen atoms in total. The largest absolute Gasteiger partial charge is 0.493 e. The zero-order valence-corrected chi connectivity index (χ0v) is 13.1. The van der Waals surface area contributed by atoms with Crippen LogP contribution in [0, 0.1) is 0 Å². The van der Waals surface area contributed by atoms with Gasteiger partial charge in [0.2, 0.25) is 0 Å². The van der Waals surface area contributed by atoms with Crippen LogP contribution in [0.25, 0.3) is 6.08 Å². The Balaban J connectivity index is 1.83. The molecule has 1 saturated heterocycles. The van der Waals surface area contributed by atoms with E-state index in [1.54, 1.807) is 7.11 Å². The molecule has 0 aromatic heterocycles. The van der Waals surface area contributed by atoms with Crippen LogP contribution in [0.4, 0.5) is 0 Å². The second-order valence-corrected chi connectivity index (χ2v) is 5.14. The molecule has 120 valence electrons. The van der Waals surface area contributed by atoms with E-state index < -0.39 is 0 Å². The van der Waals surface area contributed by atoms with Crippen molar-refractivity contribution >= 4 is 12.0 Å². The molecule has 5 heteroatoms. The van der Waals surface area contributed by atoms with E-state index >= 15 is 0 Å². The first-order valence-corrected chi connectivity index (χ1v) is 7.54. The van der Waals surface area contributed by atoms with Crippen LogP contribution in [0.3, 0.4) is 0 Å². The van der Waals surface area contributed by atoms with Crippen molar-refractivity contribution < 1.29 is 19.0 Å². The van der Waals surface area contributed by atoms with E-state index in [0.717, 1.165) is 25.0 Å². The highest BCUT2D eigenvalue weighted by Crippen LogP contribution is 2.28. The number of allylic oxidation sites excluding steroid dienone is 1. The van der Waals surface area contributed by atoms with Crippen LogP contribution in [0.15, 0.2) is 24.3 Å². The predicted octanol–water partition coefficient (Wildman–Crippen LogP) is 2.40. The van der Waals surface area contributed by atoms with Gasteiger partial charge in [0.05, 0.1) is 13.2 Å². The molecule has 0 radical (unpaired) electrons. The van der Waals surface area contributed by atoms with Crippen molar-refractivity contribution in [1.29, 1.82) is 0 Å². The minimum absolute atomic E-state index is 0.0357. The number of nitrogens with one attached hydrogen (secondary N) is 1. The van der Waals surface area contributed by atoms with Crippen molar-refractivity contribution in [2.45, 2.75) is 25.9 Å². The molecule has 0 bridgehead atoms. The van der Waals surface area contributed by atoms with Crippen LogP contribution in [0.2, 0.25) is 0 Å². The van der Waals surface area contributed by atoms with E-state index in [1.165, 1.54) is 0 Å². The lowest BCUT2D eigenvalue weighted by atomic mass is 10.2. The summed E-state index contributed by atoms with van der Waals surface area (Å²) in [6, 6.07) is 5.60. The molecule has 1 atom stereocenters. The number of methoxy groups -OCH3 is 1. The molecule has 0 aliphatic carbocycles. The second-order valence-electron chi connectivity index (χ2n) is 5.14. The maximum atomic E-state index is 11.8. The number of amides is 1. The highest BCUT2D eigenvalue weighted by Gasteiger charge is 2.16. The fourth-order valence-electron chi connectivity index (χ4n) is 2.33. The monoisotopic (exact) mass is 305 g/mol. The first-order valence-electron chi connectivity index (χ1n) is 7.54. The number of hydrogen-bond acceptors (Lipinski definition) is 4. The lowest BCUT2D eigenvalue weighted by molar-refractivity contribution is -0.123. The van der Waals surface area contributed by atoms with E-state index in [2.05, 4.69) is 5.32 Å². The summed E-state index contributed by atoms with van der Waals surface area (Å²) >= 11 is 0. The van der Waals surface area contributed by atoms with Gasteiger partial charge in [-0.1, -0.05) is 18.2 Å². The van der Waals surface area contributed by atoms with Crippen molar-refractivity contribution in [3.05, 3.63) is 29.8 Å². The summed E-state index contributed by atoms with van der Waals surface area (Å²) in [5, 5.41) is 2.82. The fourth-order valence-corrected chi connectivity index (χ4v) is 2.33. The van der Waals surface area contributed by atoms with E-state index in [-0.39, 0.29) is 18.6 Å². The standard InChI is InChI=1S/C17H23NO4/c1-3-5-13-7-8-15(16(10-13)20-2)22-12-17(19)18-11-14-6-4-9-21-14/h3,5,7-8,10,14H,4,6,9,11-12H2,1-2H3,(H,18,19)/b5-3+. The molecule has 0 saturated carbocycles. The average molecular weight is 305 g/mol. The van der Waals surface area contributed by atoms with Crippen molar-refractivity contribution in [2.24, 2.45) is 0 Å². The Morgan fingerprint density at radius 3 is 3.00 bits per heavy atom. The first-order chi connectivity index (χ1) is 10.7. The lowest BCUT2D eigenvalue weighted by Gasteiger charge is -2.13. The minimum Gasteiger partial charge on any atom is -0.493 e. The van der Waals surface area contributed by atoms with Crippen LogP contribution in [-0.4, -0.2) is 38.9 Å². The fraction of sp³-hybridized carbons (Fsp3) is 0.471. The third kappa shape index (κ3) is 4.77. The van der Waals surface area contributed by atoms with Gasteiger partial charge in [-0.3, -0.25) is 4.79 Å². The molecular weight excluding hydrogens is 282 g/mol. The quantitative estimate of drug-likeness (QED) is 0.840. The van der Waals surface area contributed by atoms with Gasteiger partial charge in [0.1, 0.15) is 0 Å². The van der Waals surface area contributed by atoms with Gasteiger partial charge in [-0.15, -0.1) is 0 Å². The normalized spacial score (nSPS) is 17.6. The Morgan fingerprint density at radius 1 is 1.45 bits per heavy atom. The summed E-state index contributed by atoms with van der Waals surface area (Å²) < 4.78 is 16.3. The third-order valence-corrected chi connectivity index (χ3v) is 3.46. The van der Waals surface area contributed by atoms with E-state index in [1.807, 2.05) is 37.3 Å². The van der Waals surface area contributed by atoms with Gasteiger partial charge in [0.25, 0.3) is 5.91 Å². The average Bonchev–Trinajstić information content (AvgIpc) is 3.05. The van der Waals surface area contributed by atoms with Crippen molar-refractivity contribution in [3.63, 3.8) is 0 Å². The molecule has 0 spiro atoms. The molecule has 1 aliphatic rings. The molecule has 1 aliphatic heterocycles. The maximum absolute atomic E-state index is 11.8. The van der Waals surface area contributed by atoms with Gasteiger partial charge in [0.15, 0.2) is 18.1 Å². The summed E-state index contributed by atoms with van der Waals surface area (Å²) in [5.74, 6) is 1.01. The second kappa shape index (κ2) is 8.44. The molecule has 1 N–H and O–H groups in total. The van der Waals surface area contributed by atoms with Gasteiger partial charge in [-0.25, -0.2) is 0 Å². The van der Waals surface area contributed by atoms with Gasteiger partial charge in [0, 0.05) is 13.2 Å². The van der Waals surface area contributed by atoms with E-state index in [4.69, 9.17) is 14.2 Å². The number of ether oxygens (including phenoxy) is 3. The number of carbonyl (C=O) groups is 1. The molecule has 1 fully saturated rings. The van der Waals surface area contributed by atoms with Crippen LogP contribution in [-0.2, 0) is 9.53 Å². The zero-order chi connectivity index (χ0) is 15.8. The van der Waals surface area contributed by atoms with Gasteiger partial charge >= 0.3 is 0 Å². The van der Waals surface area contributed by atoms with Crippen molar-refractivity contribution in [1.82, 2.24) is 5.32 Å². The van der Waals surface area contributed by atoms with Crippen LogP contribution in [0.1, 0.15) is 25.3 Å². The molecular formula is C17H23NO4. The molecule has 22 heavy (non-hydrogen) atoms. The summed E-state index contributed by atoms with van der Waals surface area (Å²) in [5.41, 5.74) is 1.02. The smallest absolute Gasteiger partial charge is 0.258 e. The highest BCUT2D eigenvalue weighted by molar-refractivity contribution is 5.77. The van der Waals surface area contributed by atoms with Crippen molar-refractivity contribution in [3.8, 4) is 11.5 Å². The van der Waals surface area contributed by atoms with Gasteiger partial charge in [-0.05, 0) is 37.5 Å².